The summed E-state index contributed by atoms with van der Waals surface area (Å²) in [6, 6.07) is 3.60. The molecule has 0 saturated heterocycles. The van der Waals surface area contributed by atoms with Gasteiger partial charge in [0.05, 0.1) is 12.0 Å². The Morgan fingerprint density at radius 1 is 1.25 bits per heavy atom. The molecule has 2 amide bonds. The van der Waals surface area contributed by atoms with Crippen molar-refractivity contribution in [2.75, 3.05) is 19.4 Å². The number of hydrogen-bond donors (Lipinski definition) is 2. The first-order valence-corrected chi connectivity index (χ1v) is 5.84. The number of halogens is 1. The molecule has 0 spiro atoms. The van der Waals surface area contributed by atoms with E-state index in [1.807, 2.05) is 0 Å². The second kappa shape index (κ2) is 6.65. The zero-order valence-corrected chi connectivity index (χ0v) is 11.1. The van der Waals surface area contributed by atoms with Crippen LogP contribution in [0.1, 0.15) is 23.2 Å². The smallest absolute Gasteiger partial charge is 0.303 e. The summed E-state index contributed by atoms with van der Waals surface area (Å²) in [5.74, 6) is -2.80. The lowest BCUT2D eigenvalue weighted by atomic mass is 10.1. The number of carbonyl (C=O) groups excluding carboxylic acids is 2. The molecule has 0 unspecified atom stereocenters. The molecule has 108 valence electrons. The molecule has 0 atom stereocenters. The van der Waals surface area contributed by atoms with Crippen LogP contribution in [0.2, 0.25) is 0 Å². The number of benzene rings is 1. The fourth-order valence-corrected chi connectivity index (χ4v) is 1.45. The molecule has 1 aromatic carbocycles. The quantitative estimate of drug-likeness (QED) is 0.853. The number of anilines is 1. The average molecular weight is 282 g/mol. The lowest BCUT2D eigenvalue weighted by Gasteiger charge is -2.12. The van der Waals surface area contributed by atoms with E-state index in [2.05, 4.69) is 5.32 Å². The van der Waals surface area contributed by atoms with E-state index in [0.29, 0.717) is 0 Å². The van der Waals surface area contributed by atoms with E-state index < -0.39 is 23.6 Å². The van der Waals surface area contributed by atoms with Crippen molar-refractivity contribution >= 4 is 23.5 Å². The molecular formula is C13H15FN2O4. The maximum absolute atomic E-state index is 13.5. The molecule has 2 N–H and O–H groups in total. The van der Waals surface area contributed by atoms with Crippen LogP contribution in [0, 0.1) is 5.82 Å². The third-order valence-corrected chi connectivity index (χ3v) is 2.45. The van der Waals surface area contributed by atoms with Gasteiger partial charge in [0.15, 0.2) is 0 Å². The number of amides is 2. The molecular weight excluding hydrogens is 267 g/mol. The summed E-state index contributed by atoms with van der Waals surface area (Å²) < 4.78 is 13.5. The summed E-state index contributed by atoms with van der Waals surface area (Å²) in [6.45, 7) is 0. The number of carbonyl (C=O) groups is 3. The minimum atomic E-state index is -1.08. The van der Waals surface area contributed by atoms with Crippen LogP contribution in [0.4, 0.5) is 10.1 Å². The average Bonchev–Trinajstić information content (AvgIpc) is 2.37. The number of nitrogens with zero attached hydrogens (tertiary/aromatic N) is 1. The molecule has 0 aromatic heterocycles. The molecule has 6 nitrogen and oxygen atoms in total. The molecule has 0 radical (unpaired) electrons. The first kappa shape index (κ1) is 15.6. The Balaban J connectivity index is 2.82. The SMILES string of the molecule is CN(C)C(=O)c1cc(NC(=O)CCC(=O)O)ccc1F. The zero-order valence-electron chi connectivity index (χ0n) is 11.1. The second-order valence-electron chi connectivity index (χ2n) is 4.34. The van der Waals surface area contributed by atoms with Gasteiger partial charge in [0.25, 0.3) is 5.91 Å². The second-order valence-corrected chi connectivity index (χ2v) is 4.34. The third-order valence-electron chi connectivity index (χ3n) is 2.45. The number of carboxylic acid groups (broad SMARTS) is 1. The lowest BCUT2D eigenvalue weighted by molar-refractivity contribution is -0.138. The van der Waals surface area contributed by atoms with E-state index in [-0.39, 0.29) is 24.1 Å². The van der Waals surface area contributed by atoms with E-state index in [4.69, 9.17) is 5.11 Å². The highest BCUT2D eigenvalue weighted by molar-refractivity contribution is 5.97. The molecule has 0 aliphatic heterocycles. The Morgan fingerprint density at radius 2 is 1.90 bits per heavy atom. The molecule has 0 aliphatic carbocycles. The van der Waals surface area contributed by atoms with Crippen molar-refractivity contribution in [2.45, 2.75) is 12.8 Å². The number of nitrogens with one attached hydrogen (secondary N) is 1. The first-order chi connectivity index (χ1) is 9.31. The predicted octanol–water partition coefficient (Wildman–Crippen LogP) is 1.33. The Kier molecular flexibility index (Phi) is 5.19. The van der Waals surface area contributed by atoms with Gasteiger partial charge in [-0.25, -0.2) is 4.39 Å². The highest BCUT2D eigenvalue weighted by Crippen LogP contribution is 2.16. The standard InChI is InChI=1S/C13H15FN2O4/c1-16(2)13(20)9-7-8(3-4-10(9)14)15-11(17)5-6-12(18)19/h3-4,7H,5-6H2,1-2H3,(H,15,17)(H,18,19). The maximum atomic E-state index is 13.5. The Labute approximate surface area is 115 Å². The van der Waals surface area contributed by atoms with Crippen molar-refractivity contribution in [3.05, 3.63) is 29.6 Å². The summed E-state index contributed by atoms with van der Waals surface area (Å²) in [4.78, 5) is 34.7. The summed E-state index contributed by atoms with van der Waals surface area (Å²) in [5, 5.41) is 10.9. The monoisotopic (exact) mass is 282 g/mol. The largest absolute Gasteiger partial charge is 0.481 e. The van der Waals surface area contributed by atoms with Crippen LogP contribution in [0.5, 0.6) is 0 Å². The molecule has 1 aromatic rings. The van der Waals surface area contributed by atoms with Gasteiger partial charge in [0.1, 0.15) is 5.82 Å². The molecule has 0 heterocycles. The summed E-state index contributed by atoms with van der Waals surface area (Å²) in [6.07, 6.45) is -0.486. The molecule has 0 bridgehead atoms. The van der Waals surface area contributed by atoms with Gasteiger partial charge in [-0.1, -0.05) is 0 Å². The predicted molar refractivity (Wildman–Crippen MR) is 69.9 cm³/mol. The van der Waals surface area contributed by atoms with E-state index in [1.165, 1.54) is 31.1 Å². The van der Waals surface area contributed by atoms with E-state index in [9.17, 15) is 18.8 Å². The summed E-state index contributed by atoms with van der Waals surface area (Å²) in [7, 11) is 2.97. The highest BCUT2D eigenvalue weighted by atomic mass is 19.1. The summed E-state index contributed by atoms with van der Waals surface area (Å²) >= 11 is 0. The molecule has 1 rings (SSSR count). The molecule has 7 heteroatoms. The van der Waals surface area contributed by atoms with Crippen molar-refractivity contribution < 1.29 is 23.9 Å². The summed E-state index contributed by atoms with van der Waals surface area (Å²) in [5.41, 5.74) is 0.0815. The van der Waals surface area contributed by atoms with Crippen molar-refractivity contribution in [2.24, 2.45) is 0 Å². The Hall–Kier alpha value is -2.44. The third kappa shape index (κ3) is 4.34. The van der Waals surface area contributed by atoms with Crippen molar-refractivity contribution in [3.8, 4) is 0 Å². The van der Waals surface area contributed by atoms with Crippen LogP contribution in [0.25, 0.3) is 0 Å². The minimum absolute atomic E-state index is 0.161. The van der Waals surface area contributed by atoms with Crippen molar-refractivity contribution in [1.29, 1.82) is 0 Å². The number of aliphatic carboxylic acids is 1. The van der Waals surface area contributed by atoms with Crippen molar-refractivity contribution in [1.82, 2.24) is 4.90 Å². The van der Waals surface area contributed by atoms with Crippen LogP contribution >= 0.6 is 0 Å². The van der Waals surface area contributed by atoms with Crippen LogP contribution in [-0.4, -0.2) is 41.9 Å². The first-order valence-electron chi connectivity index (χ1n) is 5.84. The van der Waals surface area contributed by atoms with Crippen LogP contribution in [0.3, 0.4) is 0 Å². The Bertz CT molecular complexity index is 543. The van der Waals surface area contributed by atoms with E-state index in [1.54, 1.807) is 0 Å². The van der Waals surface area contributed by atoms with E-state index in [0.717, 1.165) is 6.07 Å². The van der Waals surface area contributed by atoms with Gasteiger partial charge in [0.2, 0.25) is 5.91 Å². The molecule has 20 heavy (non-hydrogen) atoms. The number of hydrogen-bond acceptors (Lipinski definition) is 3. The topological polar surface area (TPSA) is 86.7 Å². The highest BCUT2D eigenvalue weighted by Gasteiger charge is 2.15. The fraction of sp³-hybridized carbons (Fsp3) is 0.308. The molecule has 0 saturated carbocycles. The normalized spacial score (nSPS) is 9.95. The van der Waals surface area contributed by atoms with E-state index >= 15 is 0 Å². The van der Waals surface area contributed by atoms with Gasteiger partial charge >= 0.3 is 5.97 Å². The van der Waals surface area contributed by atoms with Gasteiger partial charge in [-0.15, -0.1) is 0 Å². The maximum Gasteiger partial charge on any atom is 0.303 e. The molecule has 0 aliphatic rings. The van der Waals surface area contributed by atoms with Gasteiger partial charge in [-0.3, -0.25) is 14.4 Å². The number of carboxylic acids is 1. The van der Waals surface area contributed by atoms with Crippen molar-refractivity contribution in [3.63, 3.8) is 0 Å². The molecule has 0 fully saturated rings. The van der Waals surface area contributed by atoms with Gasteiger partial charge in [-0.05, 0) is 18.2 Å². The van der Waals surface area contributed by atoms with Gasteiger partial charge in [0, 0.05) is 26.2 Å². The number of rotatable bonds is 5. The van der Waals surface area contributed by atoms with Crippen LogP contribution < -0.4 is 5.32 Å². The Morgan fingerprint density at radius 3 is 2.45 bits per heavy atom. The van der Waals surface area contributed by atoms with Gasteiger partial charge < -0.3 is 15.3 Å². The fourth-order valence-electron chi connectivity index (χ4n) is 1.45. The van der Waals surface area contributed by atoms with Crippen LogP contribution in [-0.2, 0) is 9.59 Å². The lowest BCUT2D eigenvalue weighted by Crippen LogP contribution is -2.23. The minimum Gasteiger partial charge on any atom is -0.481 e. The van der Waals surface area contributed by atoms with Crippen LogP contribution in [0.15, 0.2) is 18.2 Å². The van der Waals surface area contributed by atoms with Gasteiger partial charge in [-0.2, -0.15) is 0 Å². The zero-order chi connectivity index (χ0) is 15.3.